The van der Waals surface area contributed by atoms with E-state index in [1.165, 1.54) is 16.8 Å². The molecule has 7 N–H and O–H groups in total. The molecule has 4 aromatic carbocycles. The Morgan fingerprint density at radius 2 is 1.49 bits per heavy atom. The number of nitrogens with one attached hydrogen (secondary N) is 3. The first-order chi connectivity index (χ1) is 25.5. The Morgan fingerprint density at radius 1 is 0.849 bits per heavy atom. The van der Waals surface area contributed by atoms with Crippen LogP contribution in [0.3, 0.4) is 0 Å². The van der Waals surface area contributed by atoms with Gasteiger partial charge in [0.1, 0.15) is 24.7 Å². The summed E-state index contributed by atoms with van der Waals surface area (Å²) in [6.45, 7) is 3.83. The number of amides is 3. The largest absolute Gasteiger partial charge is 0.443 e. The van der Waals surface area contributed by atoms with Crippen LogP contribution in [0.25, 0.3) is 11.3 Å². The number of nitrogen functional groups attached to an aromatic ring is 1. The SMILES string of the molecule is CC(C)Nc1ncc(-c2cc(N)cc(OC(=O)NCc3ccccc3)c2)n(CC(=O)NCc2ccc(/C(N)=N/C(=O)OCc3ccccc3)cc2)c1=O. The van der Waals surface area contributed by atoms with Gasteiger partial charge >= 0.3 is 12.2 Å². The molecular weight excluding hydrogens is 676 g/mol. The molecule has 272 valence electrons. The van der Waals surface area contributed by atoms with Gasteiger partial charge in [-0.2, -0.15) is 4.99 Å². The molecule has 0 saturated carbocycles. The van der Waals surface area contributed by atoms with Crippen LogP contribution >= 0.6 is 0 Å². The first-order valence-electron chi connectivity index (χ1n) is 16.7. The van der Waals surface area contributed by atoms with Crippen LogP contribution in [0.15, 0.2) is 119 Å². The molecule has 0 radical (unpaired) electrons. The van der Waals surface area contributed by atoms with E-state index in [4.69, 9.17) is 20.9 Å². The van der Waals surface area contributed by atoms with Crippen LogP contribution in [0.1, 0.15) is 36.1 Å². The number of ether oxygens (including phenoxy) is 2. The van der Waals surface area contributed by atoms with Gasteiger partial charge in [0, 0.05) is 42.0 Å². The predicted octanol–water partition coefficient (Wildman–Crippen LogP) is 4.96. The third kappa shape index (κ3) is 11.0. The summed E-state index contributed by atoms with van der Waals surface area (Å²) in [7, 11) is 0. The zero-order valence-electron chi connectivity index (χ0n) is 29.2. The Bertz CT molecular complexity index is 2140. The number of nitrogens with zero attached hydrogens (tertiary/aromatic N) is 3. The molecule has 1 aromatic heterocycles. The molecule has 0 saturated heterocycles. The van der Waals surface area contributed by atoms with Gasteiger partial charge in [-0.05, 0) is 42.7 Å². The van der Waals surface area contributed by atoms with E-state index in [0.29, 0.717) is 11.1 Å². The van der Waals surface area contributed by atoms with Gasteiger partial charge in [0.25, 0.3) is 5.56 Å². The standard InChI is InChI=1S/C39H40N8O6/c1-25(2)45-36-37(49)47(33(22-43-36)30-17-31(40)19-32(18-30)53-38(50)44-21-26-9-5-3-6-10-26)23-34(48)42-20-27-13-15-29(16-14-27)35(41)46-39(51)52-24-28-11-7-4-8-12-28/h3-19,22,25H,20-21,23-24,40H2,1-2H3,(H,42,48)(H,43,45)(H,44,50)(H2,41,46,51). The maximum absolute atomic E-state index is 13.6. The molecule has 0 fully saturated rings. The van der Waals surface area contributed by atoms with Gasteiger partial charge in [0.15, 0.2) is 5.82 Å². The minimum atomic E-state index is -0.813. The number of anilines is 2. The van der Waals surface area contributed by atoms with E-state index >= 15 is 0 Å². The number of carbonyl (C=O) groups is 3. The van der Waals surface area contributed by atoms with Crippen LogP contribution in [0.5, 0.6) is 5.75 Å². The highest BCUT2D eigenvalue weighted by Crippen LogP contribution is 2.27. The summed E-state index contributed by atoms with van der Waals surface area (Å²) in [5, 5.41) is 8.53. The zero-order chi connectivity index (χ0) is 37.7. The van der Waals surface area contributed by atoms with Crippen LogP contribution in [-0.4, -0.2) is 39.5 Å². The lowest BCUT2D eigenvalue weighted by Gasteiger charge is -2.17. The molecule has 5 rings (SSSR count). The second-order valence-corrected chi connectivity index (χ2v) is 12.2. The topological polar surface area (TPSA) is 205 Å². The van der Waals surface area contributed by atoms with Crippen LogP contribution in [0, 0.1) is 0 Å². The second-order valence-electron chi connectivity index (χ2n) is 12.2. The van der Waals surface area contributed by atoms with Crippen molar-refractivity contribution in [2.45, 2.75) is 46.1 Å². The van der Waals surface area contributed by atoms with Gasteiger partial charge in [-0.25, -0.2) is 14.6 Å². The van der Waals surface area contributed by atoms with Gasteiger partial charge in [-0.1, -0.05) is 84.9 Å². The molecular formula is C39H40N8O6. The summed E-state index contributed by atoms with van der Waals surface area (Å²) >= 11 is 0. The number of hydrogen-bond acceptors (Lipinski definition) is 9. The van der Waals surface area contributed by atoms with Gasteiger partial charge in [0.05, 0.1) is 11.9 Å². The molecule has 0 aliphatic carbocycles. The molecule has 0 bridgehead atoms. The van der Waals surface area contributed by atoms with Crippen molar-refractivity contribution in [3.63, 3.8) is 0 Å². The molecule has 1 heterocycles. The maximum Gasteiger partial charge on any atom is 0.435 e. The van der Waals surface area contributed by atoms with Crippen molar-refractivity contribution in [1.29, 1.82) is 0 Å². The van der Waals surface area contributed by atoms with E-state index in [2.05, 4.69) is 25.9 Å². The molecule has 14 heteroatoms. The van der Waals surface area contributed by atoms with E-state index in [-0.39, 0.29) is 61.1 Å². The quantitative estimate of drug-likeness (QED) is 0.0629. The van der Waals surface area contributed by atoms with E-state index in [0.717, 1.165) is 16.7 Å². The molecule has 0 aliphatic rings. The molecule has 14 nitrogen and oxygen atoms in total. The summed E-state index contributed by atoms with van der Waals surface area (Å²) in [5.74, 6) is -0.272. The van der Waals surface area contributed by atoms with Gasteiger partial charge in [-0.15, -0.1) is 0 Å². The monoisotopic (exact) mass is 716 g/mol. The Balaban J connectivity index is 1.26. The van der Waals surface area contributed by atoms with Crippen molar-refractivity contribution >= 4 is 35.4 Å². The fourth-order valence-electron chi connectivity index (χ4n) is 5.10. The fraction of sp³-hybridized carbons (Fsp3) is 0.179. The molecule has 0 aliphatic heterocycles. The fourth-order valence-corrected chi connectivity index (χ4v) is 5.10. The third-order valence-electron chi connectivity index (χ3n) is 7.65. The summed E-state index contributed by atoms with van der Waals surface area (Å²) in [5.41, 5.74) is 15.6. The van der Waals surface area contributed by atoms with Crippen LogP contribution < -0.4 is 37.7 Å². The number of nitrogens with two attached hydrogens (primary N) is 2. The number of hydrogen-bond donors (Lipinski definition) is 5. The lowest BCUT2D eigenvalue weighted by atomic mass is 10.1. The highest BCUT2D eigenvalue weighted by atomic mass is 16.6. The van der Waals surface area contributed by atoms with Crippen LogP contribution in [0.4, 0.5) is 21.1 Å². The smallest absolute Gasteiger partial charge is 0.435 e. The molecule has 0 spiro atoms. The van der Waals surface area contributed by atoms with E-state index < -0.39 is 23.7 Å². The average Bonchev–Trinajstić information content (AvgIpc) is 3.14. The highest BCUT2D eigenvalue weighted by Gasteiger charge is 2.18. The normalized spacial score (nSPS) is 11.1. The summed E-state index contributed by atoms with van der Waals surface area (Å²) in [6, 6.07) is 29.9. The third-order valence-corrected chi connectivity index (χ3v) is 7.65. The number of aliphatic imine (C=N–C) groups is 1. The van der Waals surface area contributed by atoms with Crippen molar-refractivity contribution in [3.8, 4) is 17.0 Å². The highest BCUT2D eigenvalue weighted by molar-refractivity contribution is 6.02. The second kappa shape index (κ2) is 17.8. The number of aromatic nitrogens is 2. The molecule has 5 aromatic rings. The lowest BCUT2D eigenvalue weighted by Crippen LogP contribution is -2.35. The van der Waals surface area contributed by atoms with Crippen molar-refractivity contribution < 1.29 is 23.9 Å². The average molecular weight is 717 g/mol. The Labute approximate surface area is 305 Å². The van der Waals surface area contributed by atoms with Crippen molar-refractivity contribution in [2.75, 3.05) is 11.1 Å². The van der Waals surface area contributed by atoms with E-state index in [9.17, 15) is 19.2 Å². The Kier molecular flexibility index (Phi) is 12.5. The first-order valence-corrected chi connectivity index (χ1v) is 16.7. The number of carbonyl (C=O) groups excluding carboxylic acids is 3. The number of amidine groups is 1. The molecule has 53 heavy (non-hydrogen) atoms. The van der Waals surface area contributed by atoms with Gasteiger partial charge in [0.2, 0.25) is 5.91 Å². The predicted molar refractivity (Wildman–Crippen MR) is 202 cm³/mol. The Hall–Kier alpha value is -6.96. The zero-order valence-corrected chi connectivity index (χ0v) is 29.2. The van der Waals surface area contributed by atoms with Crippen molar-refractivity contribution in [3.05, 3.63) is 142 Å². The van der Waals surface area contributed by atoms with Crippen molar-refractivity contribution in [1.82, 2.24) is 20.2 Å². The summed E-state index contributed by atoms with van der Waals surface area (Å²) < 4.78 is 11.9. The molecule has 0 atom stereocenters. The van der Waals surface area contributed by atoms with E-state index in [1.54, 1.807) is 36.4 Å². The first kappa shape index (κ1) is 37.3. The minimum Gasteiger partial charge on any atom is -0.443 e. The molecule has 3 amide bonds. The Morgan fingerprint density at radius 3 is 2.17 bits per heavy atom. The number of benzene rings is 4. The van der Waals surface area contributed by atoms with Crippen LogP contribution in [-0.2, 0) is 35.8 Å². The lowest BCUT2D eigenvalue weighted by molar-refractivity contribution is -0.121. The molecule has 0 unspecified atom stereocenters. The summed E-state index contributed by atoms with van der Waals surface area (Å²) in [4.78, 5) is 59.8. The van der Waals surface area contributed by atoms with Gasteiger partial charge < -0.3 is 36.9 Å². The minimum absolute atomic E-state index is 0.0167. The summed E-state index contributed by atoms with van der Waals surface area (Å²) in [6.07, 6.45) is -0.0530. The van der Waals surface area contributed by atoms with Gasteiger partial charge in [-0.3, -0.25) is 14.2 Å². The maximum atomic E-state index is 13.6. The van der Waals surface area contributed by atoms with Crippen molar-refractivity contribution in [2.24, 2.45) is 10.7 Å². The van der Waals surface area contributed by atoms with Crippen LogP contribution in [0.2, 0.25) is 0 Å². The number of rotatable bonds is 13. The van der Waals surface area contributed by atoms with E-state index in [1.807, 2.05) is 74.5 Å².